The van der Waals surface area contributed by atoms with Crippen LogP contribution in [0.3, 0.4) is 0 Å². The van der Waals surface area contributed by atoms with Crippen molar-refractivity contribution in [2.24, 2.45) is 0 Å². The number of fused-ring (bicyclic) bond motifs is 1. The summed E-state index contributed by atoms with van der Waals surface area (Å²) in [6, 6.07) is 6.09. The molecule has 3 nitrogen and oxygen atoms in total. The highest BCUT2D eigenvalue weighted by molar-refractivity contribution is 6.36. The normalized spacial score (nSPS) is 26.8. The van der Waals surface area contributed by atoms with Crippen molar-refractivity contribution in [3.8, 4) is 0 Å². The standard InChI is InChI=1S/C16H20Cl2N2O/c1-11-8-19-6-2-3-13(19)9-20(11)10-16(21)14-7-12(17)4-5-15(14)18/h4-5,7,11,13H,2-3,6,8-10H2,1H3. The minimum Gasteiger partial charge on any atom is -0.298 e. The summed E-state index contributed by atoms with van der Waals surface area (Å²) in [6.45, 7) is 5.86. The van der Waals surface area contributed by atoms with Crippen LogP contribution in [0.2, 0.25) is 10.0 Å². The summed E-state index contributed by atoms with van der Waals surface area (Å²) in [5.74, 6) is 0.0563. The van der Waals surface area contributed by atoms with Gasteiger partial charge in [-0.15, -0.1) is 0 Å². The van der Waals surface area contributed by atoms with Crippen LogP contribution in [0.1, 0.15) is 30.1 Å². The number of ketones is 1. The van der Waals surface area contributed by atoms with Crippen molar-refractivity contribution in [2.75, 3.05) is 26.2 Å². The predicted octanol–water partition coefficient (Wildman–Crippen LogP) is 3.34. The number of benzene rings is 1. The summed E-state index contributed by atoms with van der Waals surface area (Å²) in [5, 5.41) is 1.04. The predicted molar refractivity (Wildman–Crippen MR) is 86.4 cm³/mol. The Morgan fingerprint density at radius 3 is 2.95 bits per heavy atom. The van der Waals surface area contributed by atoms with E-state index in [-0.39, 0.29) is 5.78 Å². The minimum atomic E-state index is 0.0563. The summed E-state index contributed by atoms with van der Waals surface area (Å²) < 4.78 is 0. The number of hydrogen-bond donors (Lipinski definition) is 0. The van der Waals surface area contributed by atoms with Gasteiger partial charge in [0.15, 0.2) is 5.78 Å². The summed E-state index contributed by atoms with van der Waals surface area (Å²) in [6.07, 6.45) is 2.52. The highest BCUT2D eigenvalue weighted by Crippen LogP contribution is 2.26. The molecule has 2 atom stereocenters. The minimum absolute atomic E-state index is 0.0563. The van der Waals surface area contributed by atoms with E-state index in [2.05, 4.69) is 16.7 Å². The molecule has 0 radical (unpaired) electrons. The Hall–Kier alpha value is -0.610. The molecule has 0 saturated carbocycles. The van der Waals surface area contributed by atoms with Gasteiger partial charge in [-0.1, -0.05) is 23.2 Å². The maximum absolute atomic E-state index is 12.5. The van der Waals surface area contributed by atoms with Crippen LogP contribution in [0.25, 0.3) is 0 Å². The fraction of sp³-hybridized carbons (Fsp3) is 0.562. The van der Waals surface area contributed by atoms with E-state index >= 15 is 0 Å². The molecular weight excluding hydrogens is 307 g/mol. The summed E-state index contributed by atoms with van der Waals surface area (Å²) in [7, 11) is 0. The second-order valence-electron chi connectivity index (χ2n) is 6.12. The van der Waals surface area contributed by atoms with Crippen molar-refractivity contribution in [3.05, 3.63) is 33.8 Å². The first kappa shape index (κ1) is 15.3. The largest absolute Gasteiger partial charge is 0.298 e. The van der Waals surface area contributed by atoms with Gasteiger partial charge in [0.25, 0.3) is 0 Å². The van der Waals surface area contributed by atoms with Crippen LogP contribution in [0.15, 0.2) is 18.2 Å². The van der Waals surface area contributed by atoms with E-state index in [4.69, 9.17) is 23.2 Å². The van der Waals surface area contributed by atoms with Gasteiger partial charge in [-0.25, -0.2) is 0 Å². The van der Waals surface area contributed by atoms with Gasteiger partial charge in [-0.2, -0.15) is 0 Å². The zero-order valence-electron chi connectivity index (χ0n) is 12.2. The molecule has 0 aliphatic carbocycles. The maximum Gasteiger partial charge on any atom is 0.178 e. The number of nitrogens with zero attached hydrogens (tertiary/aromatic N) is 2. The van der Waals surface area contributed by atoms with Gasteiger partial charge >= 0.3 is 0 Å². The molecule has 2 unspecified atom stereocenters. The Morgan fingerprint density at radius 1 is 1.33 bits per heavy atom. The first-order chi connectivity index (χ1) is 10.0. The van der Waals surface area contributed by atoms with E-state index in [0.29, 0.717) is 34.2 Å². The summed E-state index contributed by atoms with van der Waals surface area (Å²) in [4.78, 5) is 17.4. The second kappa shape index (κ2) is 6.25. The Labute approximate surface area is 135 Å². The van der Waals surface area contributed by atoms with E-state index in [1.165, 1.54) is 19.4 Å². The van der Waals surface area contributed by atoms with Crippen LogP contribution in [0.5, 0.6) is 0 Å². The second-order valence-corrected chi connectivity index (χ2v) is 6.96. The van der Waals surface area contributed by atoms with Crippen LogP contribution < -0.4 is 0 Å². The summed E-state index contributed by atoms with van der Waals surface area (Å²) in [5.41, 5.74) is 0.533. The molecule has 3 rings (SSSR count). The molecule has 114 valence electrons. The number of piperazine rings is 1. The molecule has 2 aliphatic rings. The smallest absolute Gasteiger partial charge is 0.178 e. The molecule has 1 aromatic carbocycles. The fourth-order valence-electron chi connectivity index (χ4n) is 3.45. The maximum atomic E-state index is 12.5. The van der Waals surface area contributed by atoms with Crippen molar-refractivity contribution in [1.29, 1.82) is 0 Å². The van der Waals surface area contributed by atoms with Gasteiger partial charge in [0, 0.05) is 35.8 Å². The molecule has 2 fully saturated rings. The first-order valence-electron chi connectivity index (χ1n) is 7.51. The number of rotatable bonds is 3. The lowest BCUT2D eigenvalue weighted by atomic mass is 10.1. The molecule has 2 aliphatic heterocycles. The van der Waals surface area contributed by atoms with Crippen LogP contribution in [0, 0.1) is 0 Å². The first-order valence-corrected chi connectivity index (χ1v) is 8.26. The lowest BCUT2D eigenvalue weighted by Crippen LogP contribution is -2.55. The molecule has 5 heteroatoms. The van der Waals surface area contributed by atoms with Crippen molar-refractivity contribution < 1.29 is 4.79 Å². The third kappa shape index (κ3) is 3.26. The van der Waals surface area contributed by atoms with Gasteiger partial charge in [0.05, 0.1) is 11.6 Å². The topological polar surface area (TPSA) is 23.6 Å². The van der Waals surface area contributed by atoms with Gasteiger partial charge in [0.1, 0.15) is 0 Å². The fourth-order valence-corrected chi connectivity index (χ4v) is 3.84. The van der Waals surface area contributed by atoms with Crippen molar-refractivity contribution >= 4 is 29.0 Å². The molecule has 2 saturated heterocycles. The Bertz CT molecular complexity index is 549. The number of carbonyl (C=O) groups is 1. The Morgan fingerprint density at radius 2 is 2.14 bits per heavy atom. The van der Waals surface area contributed by atoms with Crippen molar-refractivity contribution in [2.45, 2.75) is 31.8 Å². The Kier molecular flexibility index (Phi) is 4.55. The molecular formula is C16H20Cl2N2O. The molecule has 0 aromatic heterocycles. The van der Waals surface area contributed by atoms with E-state index in [9.17, 15) is 4.79 Å². The quantitative estimate of drug-likeness (QED) is 0.796. The Balaban J connectivity index is 1.70. The molecule has 0 amide bonds. The highest BCUT2D eigenvalue weighted by atomic mass is 35.5. The zero-order chi connectivity index (χ0) is 15.0. The van der Waals surface area contributed by atoms with E-state index in [0.717, 1.165) is 13.1 Å². The van der Waals surface area contributed by atoms with Gasteiger partial charge < -0.3 is 0 Å². The average molecular weight is 327 g/mol. The zero-order valence-corrected chi connectivity index (χ0v) is 13.7. The van der Waals surface area contributed by atoms with Crippen LogP contribution in [0.4, 0.5) is 0 Å². The van der Waals surface area contributed by atoms with E-state index < -0.39 is 0 Å². The van der Waals surface area contributed by atoms with Gasteiger partial charge in [-0.3, -0.25) is 14.6 Å². The molecule has 0 N–H and O–H groups in total. The van der Waals surface area contributed by atoms with Crippen LogP contribution in [-0.2, 0) is 0 Å². The van der Waals surface area contributed by atoms with Crippen molar-refractivity contribution in [3.63, 3.8) is 0 Å². The van der Waals surface area contributed by atoms with Crippen LogP contribution >= 0.6 is 23.2 Å². The lowest BCUT2D eigenvalue weighted by molar-refractivity contribution is 0.0535. The van der Waals surface area contributed by atoms with Crippen molar-refractivity contribution in [1.82, 2.24) is 9.80 Å². The number of Topliss-reactive ketones (excluding diaryl/α,β-unsaturated/α-hetero) is 1. The summed E-state index contributed by atoms with van der Waals surface area (Å²) >= 11 is 12.1. The lowest BCUT2D eigenvalue weighted by Gasteiger charge is -2.42. The average Bonchev–Trinajstić information content (AvgIpc) is 2.88. The van der Waals surface area contributed by atoms with Crippen LogP contribution in [-0.4, -0.2) is 53.8 Å². The molecule has 0 spiro atoms. The van der Waals surface area contributed by atoms with E-state index in [1.807, 2.05) is 0 Å². The number of carbonyl (C=O) groups excluding carboxylic acids is 1. The number of halogens is 2. The molecule has 21 heavy (non-hydrogen) atoms. The highest BCUT2D eigenvalue weighted by Gasteiger charge is 2.35. The van der Waals surface area contributed by atoms with Gasteiger partial charge in [-0.05, 0) is 44.5 Å². The van der Waals surface area contributed by atoms with Gasteiger partial charge in [0.2, 0.25) is 0 Å². The monoisotopic (exact) mass is 326 g/mol. The molecule has 1 aromatic rings. The molecule has 2 heterocycles. The third-order valence-electron chi connectivity index (χ3n) is 4.64. The molecule has 0 bridgehead atoms. The SMILES string of the molecule is CC1CN2CCCC2CN1CC(=O)c1cc(Cl)ccc1Cl. The third-order valence-corrected chi connectivity index (χ3v) is 5.21. The van der Waals surface area contributed by atoms with E-state index in [1.54, 1.807) is 18.2 Å². The number of hydrogen-bond acceptors (Lipinski definition) is 3.